The molecule has 2 N–H and O–H groups in total. The van der Waals surface area contributed by atoms with Gasteiger partial charge in [-0.15, -0.1) is 0 Å². The van der Waals surface area contributed by atoms with E-state index in [4.69, 9.17) is 23.2 Å². The number of nitrogens with one attached hydrogen (secondary N) is 2. The first-order valence-corrected chi connectivity index (χ1v) is 17.1. The lowest BCUT2D eigenvalue weighted by molar-refractivity contribution is -0.141. The summed E-state index contributed by atoms with van der Waals surface area (Å²) in [7, 11) is -3.56. The lowest BCUT2D eigenvalue weighted by Gasteiger charge is -2.32. The smallest absolute Gasteiger partial charge is 0.243 e. The van der Waals surface area contributed by atoms with Gasteiger partial charge in [-0.1, -0.05) is 89.9 Å². The zero-order chi connectivity index (χ0) is 31.8. The van der Waals surface area contributed by atoms with Crippen LogP contribution >= 0.6 is 23.2 Å². The van der Waals surface area contributed by atoms with Crippen LogP contribution in [0.15, 0.2) is 108 Å². The van der Waals surface area contributed by atoms with Crippen molar-refractivity contribution >= 4 is 45.0 Å². The molecule has 1 aliphatic carbocycles. The predicted octanol–water partition coefficient (Wildman–Crippen LogP) is 6.32. The minimum atomic E-state index is -3.56. The summed E-state index contributed by atoms with van der Waals surface area (Å²) < 4.78 is 27.8. The molecule has 7 nitrogen and oxygen atoms in total. The molecule has 10 heteroatoms. The number of carbonyl (C=O) groups excluding carboxylic acids is 2. The molecule has 0 bridgehead atoms. The van der Waals surface area contributed by atoms with Crippen LogP contribution in [0.25, 0.3) is 0 Å². The maximum absolute atomic E-state index is 14.0. The molecule has 0 unspecified atom stereocenters. The zero-order valence-electron chi connectivity index (χ0n) is 24.7. The van der Waals surface area contributed by atoms with Crippen molar-refractivity contribution in [2.24, 2.45) is 0 Å². The molecule has 1 fully saturated rings. The number of rotatable bonds is 14. The Morgan fingerprint density at radius 3 is 1.93 bits per heavy atom. The maximum atomic E-state index is 14.0. The first-order chi connectivity index (χ1) is 21.7. The summed E-state index contributed by atoms with van der Waals surface area (Å²) in [6, 6.07) is 29.9. The Morgan fingerprint density at radius 1 is 0.756 bits per heavy atom. The topological polar surface area (TPSA) is 95.6 Å². The van der Waals surface area contributed by atoms with E-state index >= 15 is 0 Å². The molecule has 0 radical (unpaired) electrons. The molecule has 5 rings (SSSR count). The van der Waals surface area contributed by atoms with Crippen molar-refractivity contribution in [3.63, 3.8) is 0 Å². The molecule has 1 atom stereocenters. The van der Waals surface area contributed by atoms with Gasteiger partial charge in [-0.3, -0.25) is 9.59 Å². The standard InChI is InChI=1S/C35H35Cl2N3O4S/c36-29-13-6-27(7-14-29)23-38-35(42)33(22-26-4-2-1-3-5-26)40(24-28-8-15-30(37)16-9-28)34(41)21-12-25-10-19-32(20-11-25)45(43,44)39-31-17-18-31/h1-11,13-16,19-20,31,33,39H,12,17-18,21-24H2,(H,38,42)/t33-/m1/s1. The Morgan fingerprint density at radius 2 is 1.33 bits per heavy atom. The molecule has 4 aromatic rings. The number of amides is 2. The van der Waals surface area contributed by atoms with Gasteiger partial charge in [-0.2, -0.15) is 0 Å². The number of benzene rings is 4. The molecule has 1 aliphatic rings. The third-order valence-electron chi connectivity index (χ3n) is 7.68. The van der Waals surface area contributed by atoms with Gasteiger partial charge in [0.15, 0.2) is 0 Å². The van der Waals surface area contributed by atoms with E-state index in [-0.39, 0.29) is 42.3 Å². The molecule has 234 valence electrons. The third kappa shape index (κ3) is 9.65. The van der Waals surface area contributed by atoms with Crippen LogP contribution in [0.1, 0.15) is 41.5 Å². The number of aryl methyl sites for hydroxylation is 1. The van der Waals surface area contributed by atoms with Crippen LogP contribution in [0.5, 0.6) is 0 Å². The van der Waals surface area contributed by atoms with Gasteiger partial charge in [0.1, 0.15) is 6.04 Å². The molecule has 0 aromatic heterocycles. The predicted molar refractivity (Wildman–Crippen MR) is 177 cm³/mol. The highest BCUT2D eigenvalue weighted by Gasteiger charge is 2.31. The number of halogens is 2. The van der Waals surface area contributed by atoms with E-state index in [0.29, 0.717) is 22.9 Å². The first kappa shape index (κ1) is 32.7. The van der Waals surface area contributed by atoms with E-state index in [1.54, 1.807) is 53.4 Å². The van der Waals surface area contributed by atoms with Gasteiger partial charge < -0.3 is 10.2 Å². The van der Waals surface area contributed by atoms with Crippen LogP contribution in [0, 0.1) is 0 Å². The maximum Gasteiger partial charge on any atom is 0.243 e. The monoisotopic (exact) mass is 663 g/mol. The highest BCUT2D eigenvalue weighted by Crippen LogP contribution is 2.23. The second-order valence-corrected chi connectivity index (χ2v) is 13.8. The highest BCUT2D eigenvalue weighted by atomic mass is 35.5. The first-order valence-electron chi connectivity index (χ1n) is 14.9. The number of nitrogens with zero attached hydrogens (tertiary/aromatic N) is 1. The summed E-state index contributed by atoms with van der Waals surface area (Å²) in [5, 5.41) is 4.21. The summed E-state index contributed by atoms with van der Waals surface area (Å²) in [5.41, 5.74) is 3.48. The van der Waals surface area contributed by atoms with E-state index in [0.717, 1.165) is 35.1 Å². The van der Waals surface area contributed by atoms with Gasteiger partial charge in [-0.05, 0) is 77.9 Å². The van der Waals surface area contributed by atoms with Gasteiger partial charge in [0.25, 0.3) is 0 Å². The van der Waals surface area contributed by atoms with Crippen molar-refractivity contribution in [1.29, 1.82) is 0 Å². The second kappa shape index (κ2) is 15.1. The number of hydrogen-bond acceptors (Lipinski definition) is 4. The van der Waals surface area contributed by atoms with Gasteiger partial charge in [0, 0.05) is 42.0 Å². The molecular formula is C35H35Cl2N3O4S. The fraction of sp³-hybridized carbons (Fsp3) is 0.257. The number of sulfonamides is 1. The van der Waals surface area contributed by atoms with Crippen molar-refractivity contribution in [1.82, 2.24) is 14.9 Å². The molecule has 4 aromatic carbocycles. The van der Waals surface area contributed by atoms with Gasteiger partial charge >= 0.3 is 0 Å². The average Bonchev–Trinajstić information content (AvgIpc) is 3.86. The highest BCUT2D eigenvalue weighted by molar-refractivity contribution is 7.89. The third-order valence-corrected chi connectivity index (χ3v) is 9.72. The largest absolute Gasteiger partial charge is 0.350 e. The van der Waals surface area contributed by atoms with Crippen molar-refractivity contribution < 1.29 is 18.0 Å². The van der Waals surface area contributed by atoms with Crippen LogP contribution in [-0.4, -0.2) is 37.2 Å². The van der Waals surface area contributed by atoms with Crippen molar-refractivity contribution in [2.75, 3.05) is 0 Å². The van der Waals surface area contributed by atoms with E-state index in [2.05, 4.69) is 10.0 Å². The Balaban J connectivity index is 1.36. The van der Waals surface area contributed by atoms with E-state index in [9.17, 15) is 18.0 Å². The Hall–Kier alpha value is -3.69. The van der Waals surface area contributed by atoms with Gasteiger partial charge in [0.2, 0.25) is 21.8 Å². The summed E-state index contributed by atoms with van der Waals surface area (Å²) in [5.74, 6) is -0.464. The zero-order valence-corrected chi connectivity index (χ0v) is 27.0. The lowest BCUT2D eigenvalue weighted by Crippen LogP contribution is -2.50. The number of hydrogen-bond donors (Lipinski definition) is 2. The molecule has 0 aliphatic heterocycles. The lowest BCUT2D eigenvalue weighted by atomic mass is 10.0. The molecular weight excluding hydrogens is 629 g/mol. The van der Waals surface area contributed by atoms with E-state index < -0.39 is 16.1 Å². The molecule has 0 saturated heterocycles. The Labute approximate surface area is 274 Å². The van der Waals surface area contributed by atoms with Crippen molar-refractivity contribution in [3.05, 3.63) is 135 Å². The summed E-state index contributed by atoms with van der Waals surface area (Å²) >= 11 is 12.2. The SMILES string of the molecule is O=C(NCc1ccc(Cl)cc1)[C@@H](Cc1ccccc1)N(Cc1ccc(Cl)cc1)C(=O)CCc1ccc(S(=O)(=O)NC2CC2)cc1. The van der Waals surface area contributed by atoms with Crippen LogP contribution < -0.4 is 10.0 Å². The molecule has 2 amide bonds. The van der Waals surface area contributed by atoms with E-state index in [1.165, 1.54) is 0 Å². The van der Waals surface area contributed by atoms with Crippen molar-refractivity contribution in [2.45, 2.75) is 62.2 Å². The average molecular weight is 665 g/mol. The fourth-order valence-corrected chi connectivity index (χ4v) is 6.53. The molecule has 0 spiro atoms. The fourth-order valence-electron chi connectivity index (χ4n) is 4.97. The molecule has 45 heavy (non-hydrogen) atoms. The Kier molecular flexibility index (Phi) is 10.9. The Bertz CT molecular complexity index is 1700. The van der Waals surface area contributed by atoms with Crippen LogP contribution in [0.3, 0.4) is 0 Å². The molecule has 0 heterocycles. The van der Waals surface area contributed by atoms with Crippen LogP contribution in [0.4, 0.5) is 0 Å². The summed E-state index contributed by atoms with van der Waals surface area (Å²) in [4.78, 5) is 29.7. The van der Waals surface area contributed by atoms with Gasteiger partial charge in [-0.25, -0.2) is 13.1 Å². The van der Waals surface area contributed by atoms with Crippen molar-refractivity contribution in [3.8, 4) is 0 Å². The molecule has 1 saturated carbocycles. The summed E-state index contributed by atoms with van der Waals surface area (Å²) in [6.07, 6.45) is 2.56. The van der Waals surface area contributed by atoms with Crippen LogP contribution in [-0.2, 0) is 45.5 Å². The normalized spacial score (nSPS) is 13.6. The van der Waals surface area contributed by atoms with E-state index in [1.807, 2.05) is 54.6 Å². The number of carbonyl (C=O) groups is 2. The van der Waals surface area contributed by atoms with Gasteiger partial charge in [0.05, 0.1) is 4.90 Å². The van der Waals surface area contributed by atoms with Crippen LogP contribution in [0.2, 0.25) is 10.0 Å². The second-order valence-electron chi connectivity index (χ2n) is 11.2. The minimum Gasteiger partial charge on any atom is -0.350 e. The quantitative estimate of drug-likeness (QED) is 0.165. The summed E-state index contributed by atoms with van der Waals surface area (Å²) in [6.45, 7) is 0.501. The minimum absolute atomic E-state index is 0.0196.